The quantitative estimate of drug-likeness (QED) is 0.417. The van der Waals surface area contributed by atoms with E-state index in [1.54, 1.807) is 0 Å². The summed E-state index contributed by atoms with van der Waals surface area (Å²) in [7, 11) is 0. The number of carbonyl (C=O) groups is 1. The molecule has 0 saturated heterocycles. The Bertz CT molecular complexity index is 475. The topological polar surface area (TPSA) is 85.9 Å². The van der Waals surface area contributed by atoms with Crippen LogP contribution in [-0.2, 0) is 0 Å². The van der Waals surface area contributed by atoms with Gasteiger partial charge in [-0.25, -0.2) is 10.2 Å². The molecular formula is C15H23N3O3. The maximum absolute atomic E-state index is 10.5. The van der Waals surface area contributed by atoms with Gasteiger partial charge < -0.3 is 15.2 Å². The van der Waals surface area contributed by atoms with Crippen molar-refractivity contribution in [3.8, 4) is 11.5 Å². The Morgan fingerprint density at radius 3 is 2.76 bits per heavy atom. The highest BCUT2D eigenvalue weighted by atomic mass is 16.5. The lowest BCUT2D eigenvalue weighted by Crippen LogP contribution is -2.24. The lowest BCUT2D eigenvalue weighted by atomic mass is 10.2. The van der Waals surface area contributed by atoms with Gasteiger partial charge in [0.1, 0.15) is 0 Å². The van der Waals surface area contributed by atoms with Crippen molar-refractivity contribution in [3.05, 3.63) is 23.8 Å². The van der Waals surface area contributed by atoms with Crippen LogP contribution in [0.15, 0.2) is 23.3 Å². The van der Waals surface area contributed by atoms with Crippen LogP contribution < -0.4 is 20.6 Å². The van der Waals surface area contributed by atoms with Crippen LogP contribution in [0.3, 0.4) is 0 Å². The van der Waals surface area contributed by atoms with Gasteiger partial charge >= 0.3 is 6.03 Å². The Hall–Kier alpha value is -2.24. The van der Waals surface area contributed by atoms with E-state index < -0.39 is 6.03 Å². The number of nitrogens with one attached hydrogen (secondary N) is 1. The fourth-order valence-corrected chi connectivity index (χ4v) is 1.70. The minimum Gasteiger partial charge on any atom is -0.490 e. The molecule has 6 heteroatoms. The predicted molar refractivity (Wildman–Crippen MR) is 82.9 cm³/mol. The summed E-state index contributed by atoms with van der Waals surface area (Å²) < 4.78 is 11.3. The molecule has 0 radical (unpaired) electrons. The largest absolute Gasteiger partial charge is 0.490 e. The van der Waals surface area contributed by atoms with Crippen LogP contribution in [0.25, 0.3) is 0 Å². The fourth-order valence-electron chi connectivity index (χ4n) is 1.70. The van der Waals surface area contributed by atoms with E-state index in [1.807, 2.05) is 25.1 Å². The Morgan fingerprint density at radius 2 is 2.10 bits per heavy atom. The molecule has 0 bridgehead atoms. The molecule has 0 aliphatic heterocycles. The standard InChI is InChI=1S/C15H23N3O3/c1-3-5-6-9-21-13-8-7-12(10-14(13)20-4-2)11-17-18-15(16)19/h7-8,10-11H,3-6,9H2,1-2H3,(H3,16,18,19)/b17-11+. The number of hydrogen-bond donors (Lipinski definition) is 2. The van der Waals surface area contributed by atoms with Gasteiger partial charge in [-0.15, -0.1) is 0 Å². The van der Waals surface area contributed by atoms with Gasteiger partial charge in [0, 0.05) is 0 Å². The van der Waals surface area contributed by atoms with Crippen LogP contribution in [0, 0.1) is 0 Å². The van der Waals surface area contributed by atoms with Gasteiger partial charge in [0.05, 0.1) is 19.4 Å². The molecular weight excluding hydrogens is 270 g/mol. The molecule has 21 heavy (non-hydrogen) atoms. The zero-order valence-corrected chi connectivity index (χ0v) is 12.6. The summed E-state index contributed by atoms with van der Waals surface area (Å²) in [4.78, 5) is 10.5. The first-order valence-electron chi connectivity index (χ1n) is 7.15. The lowest BCUT2D eigenvalue weighted by molar-refractivity contribution is 0.249. The minimum atomic E-state index is -0.702. The van der Waals surface area contributed by atoms with E-state index in [2.05, 4.69) is 17.5 Å². The van der Waals surface area contributed by atoms with E-state index >= 15 is 0 Å². The average molecular weight is 293 g/mol. The first kappa shape index (κ1) is 16.8. The van der Waals surface area contributed by atoms with Gasteiger partial charge in [0.15, 0.2) is 11.5 Å². The summed E-state index contributed by atoms with van der Waals surface area (Å²) in [5.41, 5.74) is 7.86. The van der Waals surface area contributed by atoms with Gasteiger partial charge in [-0.3, -0.25) is 0 Å². The van der Waals surface area contributed by atoms with Crippen molar-refractivity contribution in [2.24, 2.45) is 10.8 Å². The summed E-state index contributed by atoms with van der Waals surface area (Å²) in [6.45, 7) is 5.28. The van der Waals surface area contributed by atoms with E-state index in [0.29, 0.717) is 24.7 Å². The number of amides is 2. The molecule has 0 aromatic heterocycles. The molecule has 0 fully saturated rings. The molecule has 0 aliphatic rings. The Morgan fingerprint density at radius 1 is 1.29 bits per heavy atom. The lowest BCUT2D eigenvalue weighted by Gasteiger charge is -2.12. The zero-order chi connectivity index (χ0) is 15.5. The van der Waals surface area contributed by atoms with Gasteiger partial charge in [0.25, 0.3) is 0 Å². The van der Waals surface area contributed by atoms with E-state index in [0.717, 1.165) is 24.8 Å². The van der Waals surface area contributed by atoms with Crippen molar-refractivity contribution in [2.75, 3.05) is 13.2 Å². The highest BCUT2D eigenvalue weighted by Gasteiger charge is 2.05. The molecule has 116 valence electrons. The van der Waals surface area contributed by atoms with Crippen molar-refractivity contribution in [1.29, 1.82) is 0 Å². The number of ether oxygens (including phenoxy) is 2. The van der Waals surface area contributed by atoms with Crippen molar-refractivity contribution in [1.82, 2.24) is 5.43 Å². The van der Waals surface area contributed by atoms with Crippen molar-refractivity contribution in [2.45, 2.75) is 33.1 Å². The first-order chi connectivity index (χ1) is 10.2. The molecule has 0 unspecified atom stereocenters. The number of benzene rings is 1. The molecule has 0 saturated carbocycles. The number of urea groups is 1. The van der Waals surface area contributed by atoms with Crippen LogP contribution >= 0.6 is 0 Å². The van der Waals surface area contributed by atoms with Gasteiger partial charge in [-0.05, 0) is 37.1 Å². The number of hydrazone groups is 1. The molecule has 6 nitrogen and oxygen atoms in total. The highest BCUT2D eigenvalue weighted by Crippen LogP contribution is 2.28. The van der Waals surface area contributed by atoms with Gasteiger partial charge in [-0.1, -0.05) is 19.8 Å². The summed E-state index contributed by atoms with van der Waals surface area (Å²) in [6, 6.07) is 4.78. The average Bonchev–Trinajstić information content (AvgIpc) is 2.45. The van der Waals surface area contributed by atoms with Crippen molar-refractivity contribution < 1.29 is 14.3 Å². The Balaban J connectivity index is 2.71. The Labute approximate surface area is 125 Å². The van der Waals surface area contributed by atoms with Crippen molar-refractivity contribution >= 4 is 12.2 Å². The van der Waals surface area contributed by atoms with Crippen LogP contribution in [0.1, 0.15) is 38.7 Å². The third-order valence-corrected chi connectivity index (χ3v) is 2.66. The Kier molecular flexibility index (Phi) is 7.71. The third kappa shape index (κ3) is 6.65. The molecule has 3 N–H and O–H groups in total. The molecule has 2 amide bonds. The number of nitrogens with two attached hydrogens (primary N) is 1. The molecule has 1 aromatic carbocycles. The SMILES string of the molecule is CCCCCOc1ccc(/C=N/NC(N)=O)cc1OCC. The molecule has 0 spiro atoms. The predicted octanol–water partition coefficient (Wildman–Crippen LogP) is 2.66. The van der Waals surface area contributed by atoms with Gasteiger partial charge in [0.2, 0.25) is 0 Å². The number of nitrogens with zero attached hydrogens (tertiary/aromatic N) is 1. The fraction of sp³-hybridized carbons (Fsp3) is 0.467. The van der Waals surface area contributed by atoms with Crippen molar-refractivity contribution in [3.63, 3.8) is 0 Å². The highest BCUT2D eigenvalue weighted by molar-refractivity contribution is 5.82. The summed E-state index contributed by atoms with van der Waals surface area (Å²) in [5, 5.41) is 3.71. The van der Waals surface area contributed by atoms with E-state index in [9.17, 15) is 4.79 Å². The smallest absolute Gasteiger partial charge is 0.332 e. The monoisotopic (exact) mass is 293 g/mol. The van der Waals surface area contributed by atoms with E-state index in [-0.39, 0.29) is 0 Å². The molecule has 1 aromatic rings. The van der Waals surface area contributed by atoms with Crippen LogP contribution in [0.2, 0.25) is 0 Å². The molecule has 1 rings (SSSR count). The maximum atomic E-state index is 10.5. The summed E-state index contributed by atoms with van der Waals surface area (Å²) >= 11 is 0. The summed E-state index contributed by atoms with van der Waals surface area (Å²) in [6.07, 6.45) is 4.82. The van der Waals surface area contributed by atoms with Crippen LogP contribution in [0.4, 0.5) is 4.79 Å². The van der Waals surface area contributed by atoms with Crippen LogP contribution in [0.5, 0.6) is 11.5 Å². The zero-order valence-electron chi connectivity index (χ0n) is 12.6. The normalized spacial score (nSPS) is 10.6. The number of carbonyl (C=O) groups excluding carboxylic acids is 1. The van der Waals surface area contributed by atoms with E-state index in [1.165, 1.54) is 6.21 Å². The summed E-state index contributed by atoms with van der Waals surface area (Å²) in [5.74, 6) is 1.38. The second-order valence-corrected chi connectivity index (χ2v) is 4.43. The second-order valence-electron chi connectivity index (χ2n) is 4.43. The number of primary amides is 1. The minimum absolute atomic E-state index is 0.547. The number of unbranched alkanes of at least 4 members (excludes halogenated alkanes) is 2. The third-order valence-electron chi connectivity index (χ3n) is 2.66. The second kappa shape index (κ2) is 9.63. The number of rotatable bonds is 9. The molecule has 0 heterocycles. The van der Waals surface area contributed by atoms with E-state index in [4.69, 9.17) is 15.2 Å². The first-order valence-corrected chi connectivity index (χ1v) is 7.15. The maximum Gasteiger partial charge on any atom is 0.332 e. The van der Waals surface area contributed by atoms with Crippen LogP contribution in [-0.4, -0.2) is 25.5 Å². The molecule has 0 atom stereocenters. The van der Waals surface area contributed by atoms with Gasteiger partial charge in [-0.2, -0.15) is 5.10 Å². The molecule has 0 aliphatic carbocycles. The number of hydrogen-bond acceptors (Lipinski definition) is 4.